The summed E-state index contributed by atoms with van der Waals surface area (Å²) in [6, 6.07) is 0. The Morgan fingerprint density at radius 2 is 2.31 bits per heavy atom. The SMILES string of the molecule is CCCC1CCN(C/C=C/CCl)C1. The van der Waals surface area contributed by atoms with Crippen LogP contribution in [0.4, 0.5) is 0 Å². The van der Waals surface area contributed by atoms with Crippen molar-refractivity contribution in [1.82, 2.24) is 4.90 Å². The lowest BCUT2D eigenvalue weighted by Gasteiger charge is -2.12. The van der Waals surface area contributed by atoms with Crippen molar-refractivity contribution in [3.63, 3.8) is 0 Å². The number of rotatable bonds is 5. The third-order valence-corrected chi connectivity index (χ3v) is 2.86. The third-order valence-electron chi connectivity index (χ3n) is 2.69. The quantitative estimate of drug-likeness (QED) is 0.489. The summed E-state index contributed by atoms with van der Waals surface area (Å²) in [5.74, 6) is 1.60. The van der Waals surface area contributed by atoms with Crippen molar-refractivity contribution >= 4 is 11.6 Å². The fraction of sp³-hybridized carbons (Fsp3) is 0.818. The van der Waals surface area contributed by atoms with E-state index < -0.39 is 0 Å². The van der Waals surface area contributed by atoms with Gasteiger partial charge in [0.1, 0.15) is 0 Å². The van der Waals surface area contributed by atoms with E-state index in [4.69, 9.17) is 11.6 Å². The number of hydrogen-bond acceptors (Lipinski definition) is 1. The second-order valence-electron chi connectivity index (χ2n) is 3.83. The molecular weight excluding hydrogens is 182 g/mol. The first-order valence-corrected chi connectivity index (χ1v) is 5.83. The lowest BCUT2D eigenvalue weighted by atomic mass is 10.0. The Morgan fingerprint density at radius 1 is 1.46 bits per heavy atom. The number of hydrogen-bond donors (Lipinski definition) is 0. The minimum atomic E-state index is 0.645. The van der Waals surface area contributed by atoms with Gasteiger partial charge in [-0.25, -0.2) is 0 Å². The van der Waals surface area contributed by atoms with Crippen LogP contribution in [0, 0.1) is 5.92 Å². The van der Waals surface area contributed by atoms with Crippen LogP contribution in [0.25, 0.3) is 0 Å². The van der Waals surface area contributed by atoms with Crippen LogP contribution in [0.1, 0.15) is 26.2 Å². The summed E-state index contributed by atoms with van der Waals surface area (Å²) >= 11 is 5.56. The lowest BCUT2D eigenvalue weighted by Crippen LogP contribution is -2.20. The molecule has 1 aliphatic heterocycles. The van der Waals surface area contributed by atoms with Crippen LogP contribution in [0.2, 0.25) is 0 Å². The third kappa shape index (κ3) is 4.15. The maximum atomic E-state index is 5.56. The molecule has 2 heteroatoms. The van der Waals surface area contributed by atoms with Crippen molar-refractivity contribution in [2.75, 3.05) is 25.5 Å². The second-order valence-corrected chi connectivity index (χ2v) is 4.14. The Hall–Kier alpha value is -0.0100. The van der Waals surface area contributed by atoms with E-state index >= 15 is 0 Å². The number of allylic oxidation sites excluding steroid dienone is 1. The highest BCUT2D eigenvalue weighted by molar-refractivity contribution is 6.18. The van der Waals surface area contributed by atoms with E-state index in [2.05, 4.69) is 17.9 Å². The van der Waals surface area contributed by atoms with Crippen molar-refractivity contribution in [2.45, 2.75) is 26.2 Å². The topological polar surface area (TPSA) is 3.24 Å². The van der Waals surface area contributed by atoms with Gasteiger partial charge in [0, 0.05) is 19.0 Å². The normalized spacial score (nSPS) is 24.6. The molecule has 1 atom stereocenters. The molecule has 76 valence electrons. The van der Waals surface area contributed by atoms with Gasteiger partial charge < -0.3 is 0 Å². The van der Waals surface area contributed by atoms with Crippen molar-refractivity contribution in [1.29, 1.82) is 0 Å². The fourth-order valence-electron chi connectivity index (χ4n) is 2.01. The van der Waals surface area contributed by atoms with Gasteiger partial charge in [0.05, 0.1) is 0 Å². The fourth-order valence-corrected chi connectivity index (χ4v) is 2.14. The highest BCUT2D eigenvalue weighted by Gasteiger charge is 2.19. The van der Waals surface area contributed by atoms with E-state index in [-0.39, 0.29) is 0 Å². The number of nitrogens with zero attached hydrogens (tertiary/aromatic N) is 1. The summed E-state index contributed by atoms with van der Waals surface area (Å²) in [4.78, 5) is 2.52. The van der Waals surface area contributed by atoms with Crippen molar-refractivity contribution in [3.05, 3.63) is 12.2 Å². The Balaban J connectivity index is 2.13. The first kappa shape index (κ1) is 11.1. The molecule has 0 N–H and O–H groups in total. The van der Waals surface area contributed by atoms with Crippen molar-refractivity contribution < 1.29 is 0 Å². The van der Waals surface area contributed by atoms with Crippen LogP contribution < -0.4 is 0 Å². The second kappa shape index (κ2) is 6.44. The van der Waals surface area contributed by atoms with Gasteiger partial charge >= 0.3 is 0 Å². The number of halogens is 1. The van der Waals surface area contributed by atoms with Gasteiger partial charge in [0.25, 0.3) is 0 Å². The number of likely N-dealkylation sites (tertiary alicyclic amines) is 1. The molecular formula is C11H20ClN. The molecule has 1 saturated heterocycles. The van der Waals surface area contributed by atoms with E-state index in [1.807, 2.05) is 6.08 Å². The van der Waals surface area contributed by atoms with E-state index in [0.717, 1.165) is 12.5 Å². The molecule has 0 aromatic carbocycles. The molecule has 1 aliphatic rings. The molecule has 0 spiro atoms. The van der Waals surface area contributed by atoms with Crippen LogP contribution in [0.5, 0.6) is 0 Å². The molecule has 1 fully saturated rings. The first-order chi connectivity index (χ1) is 6.36. The zero-order chi connectivity index (χ0) is 9.52. The first-order valence-electron chi connectivity index (χ1n) is 5.30. The largest absolute Gasteiger partial charge is 0.299 e. The van der Waals surface area contributed by atoms with Crippen molar-refractivity contribution in [3.8, 4) is 0 Å². The molecule has 0 radical (unpaired) electrons. The molecule has 1 nitrogen and oxygen atoms in total. The summed E-state index contributed by atoms with van der Waals surface area (Å²) in [5.41, 5.74) is 0. The molecule has 1 heterocycles. The van der Waals surface area contributed by atoms with E-state index in [0.29, 0.717) is 5.88 Å². The zero-order valence-electron chi connectivity index (χ0n) is 8.51. The van der Waals surface area contributed by atoms with Crippen LogP contribution in [0.3, 0.4) is 0 Å². The summed E-state index contributed by atoms with van der Waals surface area (Å²) in [5, 5.41) is 0. The van der Waals surface area contributed by atoms with Gasteiger partial charge in [-0.15, -0.1) is 11.6 Å². The molecule has 1 rings (SSSR count). The molecule has 0 amide bonds. The summed E-state index contributed by atoms with van der Waals surface area (Å²) in [6.45, 7) is 5.93. The Labute approximate surface area is 86.8 Å². The average Bonchev–Trinajstić information content (AvgIpc) is 2.54. The predicted molar refractivity (Wildman–Crippen MR) is 59.3 cm³/mol. The maximum Gasteiger partial charge on any atom is 0.0404 e. The molecule has 1 unspecified atom stereocenters. The van der Waals surface area contributed by atoms with Gasteiger partial charge in [-0.2, -0.15) is 0 Å². The average molecular weight is 202 g/mol. The lowest BCUT2D eigenvalue weighted by molar-refractivity contribution is 0.353. The van der Waals surface area contributed by atoms with Crippen LogP contribution >= 0.6 is 11.6 Å². The highest BCUT2D eigenvalue weighted by Crippen LogP contribution is 2.20. The highest BCUT2D eigenvalue weighted by atomic mass is 35.5. The summed E-state index contributed by atoms with van der Waals surface area (Å²) in [7, 11) is 0. The molecule has 0 aromatic rings. The molecule has 0 saturated carbocycles. The van der Waals surface area contributed by atoms with Crippen molar-refractivity contribution in [2.24, 2.45) is 5.92 Å². The molecule has 0 bridgehead atoms. The van der Waals surface area contributed by atoms with E-state index in [9.17, 15) is 0 Å². The Bertz CT molecular complexity index is 156. The molecule has 0 aromatic heterocycles. The minimum Gasteiger partial charge on any atom is -0.299 e. The minimum absolute atomic E-state index is 0.645. The maximum absolute atomic E-state index is 5.56. The van der Waals surface area contributed by atoms with Crippen LogP contribution in [0.15, 0.2) is 12.2 Å². The van der Waals surface area contributed by atoms with Gasteiger partial charge in [-0.1, -0.05) is 25.5 Å². The molecule has 13 heavy (non-hydrogen) atoms. The number of alkyl halides is 1. The van der Waals surface area contributed by atoms with Gasteiger partial charge in [0.2, 0.25) is 0 Å². The zero-order valence-corrected chi connectivity index (χ0v) is 9.26. The van der Waals surface area contributed by atoms with Gasteiger partial charge in [0.15, 0.2) is 0 Å². The Morgan fingerprint density at radius 3 is 3.00 bits per heavy atom. The Kier molecular flexibility index (Phi) is 5.49. The monoisotopic (exact) mass is 201 g/mol. The van der Waals surface area contributed by atoms with Crippen LogP contribution in [-0.4, -0.2) is 30.4 Å². The summed E-state index contributed by atoms with van der Waals surface area (Å²) < 4.78 is 0. The standard InChI is InChI=1S/C11H20ClN/c1-2-5-11-6-9-13(10-11)8-4-3-7-12/h3-4,11H,2,5-10H2,1H3/b4-3+. The van der Waals surface area contributed by atoms with E-state index in [1.165, 1.54) is 32.4 Å². The predicted octanol–water partition coefficient (Wildman–Crippen LogP) is 2.90. The van der Waals surface area contributed by atoms with Crippen LogP contribution in [-0.2, 0) is 0 Å². The van der Waals surface area contributed by atoms with Gasteiger partial charge in [-0.05, 0) is 25.3 Å². The van der Waals surface area contributed by atoms with E-state index in [1.54, 1.807) is 0 Å². The molecule has 0 aliphatic carbocycles. The van der Waals surface area contributed by atoms with Gasteiger partial charge in [-0.3, -0.25) is 4.90 Å². The smallest absolute Gasteiger partial charge is 0.0404 e. The summed E-state index contributed by atoms with van der Waals surface area (Å²) in [6.07, 6.45) is 8.34.